The van der Waals surface area contributed by atoms with Crippen molar-refractivity contribution in [2.45, 2.75) is 19.9 Å². The summed E-state index contributed by atoms with van der Waals surface area (Å²) in [7, 11) is 2.11. The van der Waals surface area contributed by atoms with Crippen LogP contribution in [0.2, 0.25) is 0 Å². The number of hydrogen-bond donors (Lipinski definition) is 1. The van der Waals surface area contributed by atoms with Crippen molar-refractivity contribution in [1.82, 2.24) is 4.90 Å². The second-order valence-corrected chi connectivity index (χ2v) is 4.79. The SMILES string of the molecule is CCOCCCN(C)Cc1cccc(C(N)=S)c1. The van der Waals surface area contributed by atoms with Crippen molar-refractivity contribution in [3.05, 3.63) is 35.4 Å². The van der Waals surface area contributed by atoms with Gasteiger partial charge < -0.3 is 15.4 Å². The monoisotopic (exact) mass is 266 g/mol. The summed E-state index contributed by atoms with van der Waals surface area (Å²) in [4.78, 5) is 2.73. The second kappa shape index (κ2) is 8.19. The molecule has 0 amide bonds. The minimum Gasteiger partial charge on any atom is -0.389 e. The van der Waals surface area contributed by atoms with Crippen LogP contribution in [0.3, 0.4) is 0 Å². The molecule has 0 spiro atoms. The van der Waals surface area contributed by atoms with Gasteiger partial charge in [0.1, 0.15) is 4.99 Å². The molecule has 1 aromatic rings. The molecule has 3 nitrogen and oxygen atoms in total. The number of nitrogens with two attached hydrogens (primary N) is 1. The van der Waals surface area contributed by atoms with E-state index in [-0.39, 0.29) is 0 Å². The molecule has 0 unspecified atom stereocenters. The van der Waals surface area contributed by atoms with Gasteiger partial charge in [-0.25, -0.2) is 0 Å². The van der Waals surface area contributed by atoms with E-state index in [4.69, 9.17) is 22.7 Å². The summed E-state index contributed by atoms with van der Waals surface area (Å²) in [6, 6.07) is 8.10. The van der Waals surface area contributed by atoms with Crippen molar-refractivity contribution in [1.29, 1.82) is 0 Å². The predicted octanol–water partition coefficient (Wildman–Crippen LogP) is 2.18. The van der Waals surface area contributed by atoms with Crippen LogP contribution in [0.15, 0.2) is 24.3 Å². The molecule has 0 fully saturated rings. The third-order valence-corrected chi connectivity index (χ3v) is 2.93. The average Bonchev–Trinajstić information content (AvgIpc) is 2.35. The third-order valence-electron chi connectivity index (χ3n) is 2.70. The average molecular weight is 266 g/mol. The molecular formula is C14H22N2OS. The molecule has 18 heavy (non-hydrogen) atoms. The van der Waals surface area contributed by atoms with Gasteiger partial charge in [-0.2, -0.15) is 0 Å². The van der Waals surface area contributed by atoms with E-state index in [1.54, 1.807) is 0 Å². The molecule has 0 aliphatic carbocycles. The highest BCUT2D eigenvalue weighted by Crippen LogP contribution is 2.08. The van der Waals surface area contributed by atoms with Gasteiger partial charge in [0, 0.05) is 31.9 Å². The van der Waals surface area contributed by atoms with Gasteiger partial charge in [0.25, 0.3) is 0 Å². The Hall–Kier alpha value is -0.970. The lowest BCUT2D eigenvalue weighted by Gasteiger charge is -2.17. The summed E-state index contributed by atoms with van der Waals surface area (Å²) in [6.07, 6.45) is 1.05. The Balaban J connectivity index is 2.41. The molecule has 2 N–H and O–H groups in total. The van der Waals surface area contributed by atoms with Crippen LogP contribution in [0.5, 0.6) is 0 Å². The lowest BCUT2D eigenvalue weighted by Crippen LogP contribution is -2.20. The molecule has 0 aromatic heterocycles. The Morgan fingerprint density at radius 2 is 2.22 bits per heavy atom. The maximum absolute atomic E-state index is 5.63. The van der Waals surface area contributed by atoms with Crippen LogP contribution in [0, 0.1) is 0 Å². The van der Waals surface area contributed by atoms with E-state index >= 15 is 0 Å². The highest BCUT2D eigenvalue weighted by atomic mass is 32.1. The molecular weight excluding hydrogens is 244 g/mol. The Kier molecular flexibility index (Phi) is 6.86. The lowest BCUT2D eigenvalue weighted by atomic mass is 10.1. The van der Waals surface area contributed by atoms with Crippen LogP contribution in [0.4, 0.5) is 0 Å². The van der Waals surface area contributed by atoms with Gasteiger partial charge in [-0.15, -0.1) is 0 Å². The molecule has 0 radical (unpaired) electrons. The van der Waals surface area contributed by atoms with Crippen molar-refractivity contribution >= 4 is 17.2 Å². The largest absolute Gasteiger partial charge is 0.389 e. The van der Waals surface area contributed by atoms with E-state index in [1.165, 1.54) is 5.56 Å². The zero-order valence-electron chi connectivity index (χ0n) is 11.2. The molecule has 4 heteroatoms. The number of benzene rings is 1. The quantitative estimate of drug-likeness (QED) is 0.578. The zero-order chi connectivity index (χ0) is 13.4. The first kappa shape index (κ1) is 15.1. The van der Waals surface area contributed by atoms with Gasteiger partial charge in [-0.3, -0.25) is 0 Å². The van der Waals surface area contributed by atoms with Crippen LogP contribution < -0.4 is 5.73 Å². The number of thiocarbonyl (C=S) groups is 1. The van der Waals surface area contributed by atoms with Crippen molar-refractivity contribution in [2.24, 2.45) is 5.73 Å². The van der Waals surface area contributed by atoms with Gasteiger partial charge in [-0.1, -0.05) is 30.4 Å². The van der Waals surface area contributed by atoms with Gasteiger partial charge in [0.2, 0.25) is 0 Å². The minimum atomic E-state index is 0.454. The molecule has 0 bridgehead atoms. The van der Waals surface area contributed by atoms with Gasteiger partial charge in [-0.05, 0) is 32.0 Å². The van der Waals surface area contributed by atoms with E-state index in [0.717, 1.165) is 38.3 Å². The fourth-order valence-corrected chi connectivity index (χ4v) is 1.92. The summed E-state index contributed by atoms with van der Waals surface area (Å²) in [6.45, 7) is 5.57. The molecule has 1 rings (SSSR count). The van der Waals surface area contributed by atoms with Crippen LogP contribution in [0.1, 0.15) is 24.5 Å². The molecule has 0 saturated carbocycles. The van der Waals surface area contributed by atoms with Gasteiger partial charge >= 0.3 is 0 Å². The topological polar surface area (TPSA) is 38.5 Å². The third kappa shape index (κ3) is 5.58. The predicted molar refractivity (Wildman–Crippen MR) is 79.8 cm³/mol. The van der Waals surface area contributed by atoms with E-state index in [2.05, 4.69) is 24.1 Å². The van der Waals surface area contributed by atoms with Crippen molar-refractivity contribution in [3.63, 3.8) is 0 Å². The van der Waals surface area contributed by atoms with E-state index in [0.29, 0.717) is 4.99 Å². The summed E-state index contributed by atoms with van der Waals surface area (Å²) in [5, 5.41) is 0. The zero-order valence-corrected chi connectivity index (χ0v) is 12.0. The smallest absolute Gasteiger partial charge is 0.103 e. The number of ether oxygens (including phenoxy) is 1. The van der Waals surface area contributed by atoms with Crippen molar-refractivity contribution in [2.75, 3.05) is 26.8 Å². The maximum Gasteiger partial charge on any atom is 0.103 e. The Morgan fingerprint density at radius 3 is 2.89 bits per heavy atom. The Labute approximate surface area is 115 Å². The van der Waals surface area contributed by atoms with E-state index in [9.17, 15) is 0 Å². The number of rotatable bonds is 8. The molecule has 0 heterocycles. The Bertz CT molecular complexity index is 382. The number of hydrogen-bond acceptors (Lipinski definition) is 3. The lowest BCUT2D eigenvalue weighted by molar-refractivity contribution is 0.135. The summed E-state index contributed by atoms with van der Waals surface area (Å²) in [5.41, 5.74) is 7.80. The molecule has 0 saturated heterocycles. The molecule has 100 valence electrons. The van der Waals surface area contributed by atoms with Crippen LogP contribution in [0.25, 0.3) is 0 Å². The summed E-state index contributed by atoms with van der Waals surface area (Å²) >= 11 is 4.98. The molecule has 0 aliphatic heterocycles. The van der Waals surface area contributed by atoms with E-state index < -0.39 is 0 Å². The highest BCUT2D eigenvalue weighted by Gasteiger charge is 2.02. The Morgan fingerprint density at radius 1 is 1.44 bits per heavy atom. The summed E-state index contributed by atoms with van der Waals surface area (Å²) < 4.78 is 5.32. The highest BCUT2D eigenvalue weighted by molar-refractivity contribution is 7.80. The first-order valence-corrected chi connectivity index (χ1v) is 6.69. The minimum absolute atomic E-state index is 0.454. The van der Waals surface area contributed by atoms with E-state index in [1.807, 2.05) is 19.1 Å². The first-order chi connectivity index (χ1) is 8.63. The van der Waals surface area contributed by atoms with Crippen LogP contribution in [-0.2, 0) is 11.3 Å². The van der Waals surface area contributed by atoms with Crippen molar-refractivity contribution < 1.29 is 4.74 Å². The van der Waals surface area contributed by atoms with Gasteiger partial charge in [0.15, 0.2) is 0 Å². The summed E-state index contributed by atoms with van der Waals surface area (Å²) in [5.74, 6) is 0. The van der Waals surface area contributed by atoms with Crippen LogP contribution in [-0.4, -0.2) is 36.7 Å². The number of nitrogens with zero attached hydrogens (tertiary/aromatic N) is 1. The first-order valence-electron chi connectivity index (χ1n) is 6.28. The normalized spacial score (nSPS) is 10.8. The molecule has 0 atom stereocenters. The maximum atomic E-state index is 5.63. The fraction of sp³-hybridized carbons (Fsp3) is 0.500. The van der Waals surface area contributed by atoms with Crippen LogP contribution >= 0.6 is 12.2 Å². The van der Waals surface area contributed by atoms with Crippen molar-refractivity contribution in [3.8, 4) is 0 Å². The fourth-order valence-electron chi connectivity index (χ4n) is 1.79. The molecule has 0 aliphatic rings. The standard InChI is InChI=1S/C14H22N2OS/c1-3-17-9-5-8-16(2)11-12-6-4-7-13(10-12)14(15)18/h4,6-7,10H,3,5,8-9,11H2,1-2H3,(H2,15,18). The second-order valence-electron chi connectivity index (χ2n) is 4.35. The van der Waals surface area contributed by atoms with Gasteiger partial charge in [0.05, 0.1) is 0 Å². The molecule has 1 aromatic carbocycles.